The molecule has 0 N–H and O–H groups in total. The molecule has 0 saturated carbocycles. The summed E-state index contributed by atoms with van der Waals surface area (Å²) in [5, 5.41) is 11.2. The molecule has 0 aliphatic rings. The molecule has 0 unspecified atom stereocenters. The lowest BCUT2D eigenvalue weighted by Gasteiger charge is -2.20. The van der Waals surface area contributed by atoms with Crippen LogP contribution in [0.15, 0.2) is 29.2 Å². The van der Waals surface area contributed by atoms with E-state index in [2.05, 4.69) is 4.98 Å². The summed E-state index contributed by atoms with van der Waals surface area (Å²) in [6, 6.07) is 5.02. The van der Waals surface area contributed by atoms with Crippen molar-refractivity contribution >= 4 is 17.2 Å². The smallest absolute Gasteiger partial charge is 0.353 e. The number of hydrogen-bond acceptors (Lipinski definition) is 5. The van der Waals surface area contributed by atoms with Gasteiger partial charge in [-0.1, -0.05) is 19.9 Å². The molecule has 0 fully saturated rings. The Balaban J connectivity index is 2.72. The van der Waals surface area contributed by atoms with E-state index in [1.807, 2.05) is 13.8 Å². The van der Waals surface area contributed by atoms with Crippen LogP contribution in [0.3, 0.4) is 0 Å². The second kappa shape index (κ2) is 5.28. The third-order valence-electron chi connectivity index (χ3n) is 2.88. The SMILES string of the molecule is CC(C)CN(C)c1nc2ccccn2c(=O)c1[N+](=O)[O-]. The van der Waals surface area contributed by atoms with Gasteiger partial charge in [0.1, 0.15) is 5.65 Å². The Kier molecular flexibility index (Phi) is 3.69. The summed E-state index contributed by atoms with van der Waals surface area (Å²) in [4.78, 5) is 28.7. The zero-order valence-corrected chi connectivity index (χ0v) is 11.6. The number of hydrogen-bond donors (Lipinski definition) is 0. The molecule has 0 atom stereocenters. The van der Waals surface area contributed by atoms with Crippen LogP contribution in [0.1, 0.15) is 13.8 Å². The molecule has 0 radical (unpaired) electrons. The highest BCUT2D eigenvalue weighted by Gasteiger charge is 2.26. The fourth-order valence-electron chi connectivity index (χ4n) is 2.13. The average molecular weight is 276 g/mol. The molecule has 0 spiro atoms. The van der Waals surface area contributed by atoms with Crippen LogP contribution in [-0.2, 0) is 0 Å². The van der Waals surface area contributed by atoms with Gasteiger partial charge in [0.15, 0.2) is 0 Å². The molecule has 0 amide bonds. The van der Waals surface area contributed by atoms with Gasteiger partial charge in [-0.2, -0.15) is 0 Å². The van der Waals surface area contributed by atoms with Gasteiger partial charge in [0, 0.05) is 19.8 Å². The van der Waals surface area contributed by atoms with E-state index in [1.54, 1.807) is 30.1 Å². The van der Waals surface area contributed by atoms with E-state index in [0.29, 0.717) is 18.1 Å². The third kappa shape index (κ3) is 2.47. The monoisotopic (exact) mass is 276 g/mol. The lowest BCUT2D eigenvalue weighted by molar-refractivity contribution is -0.385. The Morgan fingerprint density at radius 2 is 2.15 bits per heavy atom. The molecule has 2 aromatic heterocycles. The van der Waals surface area contributed by atoms with Crippen LogP contribution >= 0.6 is 0 Å². The second-order valence-corrected chi connectivity index (χ2v) is 5.05. The molecule has 20 heavy (non-hydrogen) atoms. The zero-order valence-electron chi connectivity index (χ0n) is 11.6. The first-order valence-corrected chi connectivity index (χ1v) is 6.28. The van der Waals surface area contributed by atoms with Crippen molar-refractivity contribution in [2.24, 2.45) is 5.92 Å². The average Bonchev–Trinajstić information content (AvgIpc) is 2.37. The highest BCUT2D eigenvalue weighted by atomic mass is 16.6. The van der Waals surface area contributed by atoms with Gasteiger partial charge < -0.3 is 4.90 Å². The highest BCUT2D eigenvalue weighted by molar-refractivity contribution is 5.61. The van der Waals surface area contributed by atoms with Crippen LogP contribution in [-0.4, -0.2) is 27.9 Å². The summed E-state index contributed by atoms with van der Waals surface area (Å²) in [6.45, 7) is 4.57. The fraction of sp³-hybridized carbons (Fsp3) is 0.385. The first-order chi connectivity index (χ1) is 9.41. The molecule has 0 aromatic carbocycles. The molecule has 0 aliphatic carbocycles. The van der Waals surface area contributed by atoms with E-state index in [1.165, 1.54) is 10.6 Å². The maximum atomic E-state index is 12.2. The van der Waals surface area contributed by atoms with Gasteiger partial charge >= 0.3 is 11.2 Å². The fourth-order valence-corrected chi connectivity index (χ4v) is 2.13. The van der Waals surface area contributed by atoms with Gasteiger partial charge in [-0.15, -0.1) is 0 Å². The van der Waals surface area contributed by atoms with Gasteiger partial charge in [0.05, 0.1) is 4.92 Å². The summed E-state index contributed by atoms with van der Waals surface area (Å²) < 4.78 is 1.19. The van der Waals surface area contributed by atoms with Crippen molar-refractivity contribution < 1.29 is 4.92 Å². The minimum absolute atomic E-state index is 0.111. The number of fused-ring (bicyclic) bond motifs is 1. The number of anilines is 1. The number of nitrogens with zero attached hydrogens (tertiary/aromatic N) is 4. The number of pyridine rings is 1. The van der Waals surface area contributed by atoms with Crippen molar-refractivity contribution in [3.05, 3.63) is 44.9 Å². The molecule has 7 nitrogen and oxygen atoms in total. The molecule has 106 valence electrons. The predicted molar refractivity (Wildman–Crippen MR) is 76.2 cm³/mol. The molecule has 2 heterocycles. The van der Waals surface area contributed by atoms with Crippen LogP contribution in [0.5, 0.6) is 0 Å². The predicted octanol–water partition coefficient (Wildman–Crippen LogP) is 1.69. The molecule has 2 aromatic rings. The van der Waals surface area contributed by atoms with E-state index in [4.69, 9.17) is 0 Å². The second-order valence-electron chi connectivity index (χ2n) is 5.05. The third-order valence-corrected chi connectivity index (χ3v) is 2.88. The number of aromatic nitrogens is 2. The highest BCUT2D eigenvalue weighted by Crippen LogP contribution is 2.22. The number of nitro groups is 1. The van der Waals surface area contributed by atoms with E-state index in [-0.39, 0.29) is 5.82 Å². The summed E-state index contributed by atoms with van der Waals surface area (Å²) in [7, 11) is 1.70. The first-order valence-electron chi connectivity index (χ1n) is 6.28. The van der Waals surface area contributed by atoms with Crippen molar-refractivity contribution in [2.75, 3.05) is 18.5 Å². The molecule has 7 heteroatoms. The summed E-state index contributed by atoms with van der Waals surface area (Å²) in [6.07, 6.45) is 1.48. The number of rotatable bonds is 4. The van der Waals surface area contributed by atoms with Crippen molar-refractivity contribution in [1.82, 2.24) is 9.38 Å². The lowest BCUT2D eigenvalue weighted by atomic mass is 10.2. The molecule has 0 aliphatic heterocycles. The van der Waals surface area contributed by atoms with Crippen molar-refractivity contribution in [1.29, 1.82) is 0 Å². The van der Waals surface area contributed by atoms with E-state index in [0.717, 1.165) is 0 Å². The zero-order chi connectivity index (χ0) is 14.9. The molecule has 0 bridgehead atoms. The largest absolute Gasteiger partial charge is 0.376 e. The van der Waals surface area contributed by atoms with Crippen LogP contribution in [0.4, 0.5) is 11.5 Å². The molecule has 2 rings (SSSR count). The Morgan fingerprint density at radius 1 is 1.45 bits per heavy atom. The normalized spacial score (nSPS) is 11.0. The standard InChI is InChI=1S/C13H16N4O3/c1-9(2)8-15(3)12-11(17(19)20)13(18)16-7-5-4-6-10(16)14-12/h4-7,9H,8H2,1-3H3. The summed E-state index contributed by atoms with van der Waals surface area (Å²) in [5.74, 6) is 0.413. The lowest BCUT2D eigenvalue weighted by Crippen LogP contribution is -2.29. The van der Waals surface area contributed by atoms with E-state index < -0.39 is 16.2 Å². The maximum absolute atomic E-state index is 12.2. The van der Waals surface area contributed by atoms with Gasteiger partial charge in [-0.25, -0.2) is 4.98 Å². The molecular weight excluding hydrogens is 260 g/mol. The minimum Gasteiger partial charge on any atom is -0.353 e. The van der Waals surface area contributed by atoms with Gasteiger partial charge in [-0.3, -0.25) is 19.3 Å². The molecular formula is C13H16N4O3. The Labute approximate surface area is 115 Å². The van der Waals surface area contributed by atoms with Crippen LogP contribution in [0, 0.1) is 16.0 Å². The Bertz CT molecular complexity index is 708. The first kappa shape index (κ1) is 14.0. The quantitative estimate of drug-likeness (QED) is 0.627. The van der Waals surface area contributed by atoms with Gasteiger partial charge in [0.25, 0.3) is 0 Å². The van der Waals surface area contributed by atoms with Crippen molar-refractivity contribution in [2.45, 2.75) is 13.8 Å². The van der Waals surface area contributed by atoms with Crippen molar-refractivity contribution in [3.63, 3.8) is 0 Å². The van der Waals surface area contributed by atoms with Crippen molar-refractivity contribution in [3.8, 4) is 0 Å². The van der Waals surface area contributed by atoms with Gasteiger partial charge in [-0.05, 0) is 18.1 Å². The minimum atomic E-state index is -0.666. The summed E-state index contributed by atoms with van der Waals surface area (Å²) >= 11 is 0. The topological polar surface area (TPSA) is 80.8 Å². The Hall–Kier alpha value is -2.44. The van der Waals surface area contributed by atoms with Gasteiger partial charge in [0.2, 0.25) is 5.82 Å². The maximum Gasteiger partial charge on any atom is 0.376 e. The van der Waals surface area contributed by atoms with Crippen LogP contribution < -0.4 is 10.5 Å². The van der Waals surface area contributed by atoms with Crippen LogP contribution in [0.25, 0.3) is 5.65 Å². The summed E-state index contributed by atoms with van der Waals surface area (Å²) in [5.41, 5.74) is -0.753. The van der Waals surface area contributed by atoms with E-state index >= 15 is 0 Å². The van der Waals surface area contributed by atoms with E-state index in [9.17, 15) is 14.9 Å². The van der Waals surface area contributed by atoms with Crippen LogP contribution in [0.2, 0.25) is 0 Å². The Morgan fingerprint density at radius 3 is 2.75 bits per heavy atom. The molecule has 0 saturated heterocycles.